The molecule has 0 aliphatic carbocycles. The van der Waals surface area contributed by atoms with E-state index in [0.29, 0.717) is 6.61 Å². The number of hydrogen-bond donors (Lipinski definition) is 1. The molecule has 8 nitrogen and oxygen atoms in total. The number of benzene rings is 2. The Morgan fingerprint density at radius 2 is 1.71 bits per heavy atom. The molecule has 2 aromatic heterocycles. The predicted molar refractivity (Wildman–Crippen MR) is 144 cm³/mol. The number of esters is 1. The molecule has 0 unspecified atom stereocenters. The Morgan fingerprint density at radius 1 is 0.895 bits per heavy atom. The second-order valence-electron chi connectivity index (χ2n) is 8.66. The number of amides is 1. The van der Waals surface area contributed by atoms with Crippen LogP contribution in [0.3, 0.4) is 0 Å². The van der Waals surface area contributed by atoms with Crippen LogP contribution in [0.2, 0.25) is 0 Å². The standard InChI is InChI=1S/C30H31N3O5/c1-2-36-29(34)27(33-30(35)38-21-23-8-4-3-5-9-23)20-22-12-16-26(17-13-22)37-19-7-11-25-15-14-24-10-6-18-31-28(24)32-25/h3-6,8-10,12-18,27H,2,7,11,19-21H2,1H3,(H,33,35)/t27-/m0/s1. The molecule has 2 aromatic carbocycles. The van der Waals surface area contributed by atoms with Crippen LogP contribution < -0.4 is 10.1 Å². The zero-order chi connectivity index (χ0) is 26.6. The van der Waals surface area contributed by atoms with Crippen molar-refractivity contribution in [1.29, 1.82) is 0 Å². The number of rotatable bonds is 12. The maximum Gasteiger partial charge on any atom is 0.408 e. The van der Waals surface area contributed by atoms with Gasteiger partial charge in [0.2, 0.25) is 0 Å². The van der Waals surface area contributed by atoms with Crippen molar-refractivity contribution in [2.75, 3.05) is 13.2 Å². The smallest absolute Gasteiger partial charge is 0.408 e. The summed E-state index contributed by atoms with van der Waals surface area (Å²) in [5.41, 5.74) is 3.44. The minimum absolute atomic E-state index is 0.113. The molecule has 38 heavy (non-hydrogen) atoms. The molecule has 0 bridgehead atoms. The highest BCUT2D eigenvalue weighted by Crippen LogP contribution is 2.16. The summed E-state index contributed by atoms with van der Waals surface area (Å²) in [4.78, 5) is 33.7. The second kappa shape index (κ2) is 13.7. The number of aromatic nitrogens is 2. The first-order chi connectivity index (χ1) is 18.6. The van der Waals surface area contributed by atoms with Crippen LogP contribution >= 0.6 is 0 Å². The Labute approximate surface area is 222 Å². The fourth-order valence-corrected chi connectivity index (χ4v) is 3.88. The molecule has 0 fully saturated rings. The van der Waals surface area contributed by atoms with Gasteiger partial charge < -0.3 is 19.5 Å². The van der Waals surface area contributed by atoms with Gasteiger partial charge in [0.05, 0.1) is 13.2 Å². The third-order valence-electron chi connectivity index (χ3n) is 5.81. The number of carbonyl (C=O) groups excluding carboxylic acids is 2. The van der Waals surface area contributed by atoms with Gasteiger partial charge in [-0.3, -0.25) is 0 Å². The summed E-state index contributed by atoms with van der Waals surface area (Å²) in [7, 11) is 0. The molecule has 196 valence electrons. The molecule has 4 aromatic rings. The van der Waals surface area contributed by atoms with Gasteiger partial charge in [-0.05, 0) is 67.3 Å². The van der Waals surface area contributed by atoms with Gasteiger partial charge in [-0.15, -0.1) is 0 Å². The first-order valence-electron chi connectivity index (χ1n) is 12.7. The summed E-state index contributed by atoms with van der Waals surface area (Å²) < 4.78 is 16.3. The summed E-state index contributed by atoms with van der Waals surface area (Å²) in [6.07, 6.45) is 2.93. The number of aryl methyl sites for hydroxylation is 1. The molecule has 0 saturated heterocycles. The lowest BCUT2D eigenvalue weighted by molar-refractivity contribution is -0.145. The summed E-state index contributed by atoms with van der Waals surface area (Å²) in [5, 5.41) is 3.65. The van der Waals surface area contributed by atoms with E-state index < -0.39 is 18.1 Å². The highest BCUT2D eigenvalue weighted by molar-refractivity contribution is 5.81. The minimum atomic E-state index is -0.867. The Hall–Kier alpha value is -4.46. The number of hydrogen-bond acceptors (Lipinski definition) is 7. The molecule has 4 rings (SSSR count). The van der Waals surface area contributed by atoms with Crippen LogP contribution in [-0.4, -0.2) is 41.3 Å². The molecular formula is C30H31N3O5. The van der Waals surface area contributed by atoms with Gasteiger partial charge >= 0.3 is 12.1 Å². The van der Waals surface area contributed by atoms with Crippen molar-refractivity contribution in [2.24, 2.45) is 0 Å². The fraction of sp³-hybridized carbons (Fsp3) is 0.267. The lowest BCUT2D eigenvalue weighted by Crippen LogP contribution is -2.43. The number of carbonyl (C=O) groups is 2. The van der Waals surface area contributed by atoms with Crippen molar-refractivity contribution in [3.63, 3.8) is 0 Å². The van der Waals surface area contributed by atoms with Crippen LogP contribution in [0.5, 0.6) is 5.75 Å². The lowest BCUT2D eigenvalue weighted by Gasteiger charge is -2.17. The van der Waals surface area contributed by atoms with Crippen molar-refractivity contribution in [2.45, 2.75) is 38.8 Å². The maximum absolute atomic E-state index is 12.5. The van der Waals surface area contributed by atoms with Gasteiger partial charge in [0.15, 0.2) is 5.65 Å². The Kier molecular flexibility index (Phi) is 9.62. The number of alkyl carbamates (subject to hydrolysis) is 1. The number of nitrogens with one attached hydrogen (secondary N) is 1. The Bertz CT molecular complexity index is 1330. The largest absolute Gasteiger partial charge is 0.494 e. The van der Waals surface area contributed by atoms with Crippen molar-refractivity contribution in [3.8, 4) is 5.75 Å². The molecule has 1 amide bonds. The van der Waals surface area contributed by atoms with Crippen molar-refractivity contribution >= 4 is 23.1 Å². The Morgan fingerprint density at radius 3 is 2.50 bits per heavy atom. The second-order valence-corrected chi connectivity index (χ2v) is 8.66. The topological polar surface area (TPSA) is 99.6 Å². The van der Waals surface area contributed by atoms with E-state index in [9.17, 15) is 9.59 Å². The van der Waals surface area contributed by atoms with Gasteiger partial charge in [0, 0.05) is 23.7 Å². The van der Waals surface area contributed by atoms with Crippen molar-refractivity contribution < 1.29 is 23.8 Å². The predicted octanol–water partition coefficient (Wildman–Crippen LogP) is 5.04. The minimum Gasteiger partial charge on any atom is -0.494 e. The molecule has 0 aliphatic rings. The number of pyridine rings is 2. The van der Waals surface area contributed by atoms with E-state index in [1.165, 1.54) is 0 Å². The molecule has 0 radical (unpaired) electrons. The third-order valence-corrected chi connectivity index (χ3v) is 5.81. The molecule has 0 aliphatic heterocycles. The van der Waals surface area contributed by atoms with E-state index in [1.807, 2.05) is 78.9 Å². The van der Waals surface area contributed by atoms with Crippen LogP contribution in [-0.2, 0) is 33.7 Å². The van der Waals surface area contributed by atoms with Gasteiger partial charge in [0.25, 0.3) is 0 Å². The zero-order valence-electron chi connectivity index (χ0n) is 21.3. The number of ether oxygens (including phenoxy) is 3. The molecular weight excluding hydrogens is 482 g/mol. The van der Waals surface area contributed by atoms with Crippen LogP contribution in [0.15, 0.2) is 85.1 Å². The van der Waals surface area contributed by atoms with Crippen LogP contribution in [0.4, 0.5) is 4.79 Å². The van der Waals surface area contributed by atoms with Crippen molar-refractivity contribution in [3.05, 3.63) is 102 Å². The first kappa shape index (κ1) is 26.6. The average Bonchev–Trinajstić information content (AvgIpc) is 2.95. The van der Waals surface area contributed by atoms with Crippen LogP contribution in [0.25, 0.3) is 11.0 Å². The highest BCUT2D eigenvalue weighted by atomic mass is 16.6. The Balaban J connectivity index is 1.25. The van der Waals surface area contributed by atoms with Crippen LogP contribution in [0.1, 0.15) is 30.2 Å². The molecule has 2 heterocycles. The number of fused-ring (bicyclic) bond motifs is 1. The molecule has 0 spiro atoms. The summed E-state index contributed by atoms with van der Waals surface area (Å²) >= 11 is 0. The summed E-state index contributed by atoms with van der Waals surface area (Å²) in [6.45, 7) is 2.60. The van der Waals surface area contributed by atoms with Gasteiger partial charge in [-0.25, -0.2) is 19.6 Å². The van der Waals surface area contributed by atoms with Gasteiger partial charge in [-0.2, -0.15) is 0 Å². The highest BCUT2D eigenvalue weighted by Gasteiger charge is 2.23. The molecule has 8 heteroatoms. The van der Waals surface area contributed by atoms with Crippen LogP contribution in [0, 0.1) is 0 Å². The SMILES string of the molecule is CCOC(=O)[C@H](Cc1ccc(OCCCc2ccc3cccnc3n2)cc1)NC(=O)OCc1ccccc1. The number of nitrogens with zero attached hydrogens (tertiary/aromatic N) is 2. The average molecular weight is 514 g/mol. The van der Waals surface area contributed by atoms with E-state index in [0.717, 1.165) is 46.4 Å². The molecule has 0 saturated carbocycles. The lowest BCUT2D eigenvalue weighted by atomic mass is 10.1. The summed E-state index contributed by atoms with van der Waals surface area (Å²) in [6, 6.07) is 23.9. The van der Waals surface area contributed by atoms with Crippen molar-refractivity contribution in [1.82, 2.24) is 15.3 Å². The summed E-state index contributed by atoms with van der Waals surface area (Å²) in [5.74, 6) is 0.215. The third kappa shape index (κ3) is 8.03. The zero-order valence-corrected chi connectivity index (χ0v) is 21.3. The quantitative estimate of drug-likeness (QED) is 0.209. The van der Waals surface area contributed by atoms with E-state index in [2.05, 4.69) is 15.3 Å². The molecule has 1 N–H and O–H groups in total. The van der Waals surface area contributed by atoms with E-state index in [1.54, 1.807) is 13.1 Å². The van der Waals surface area contributed by atoms with E-state index >= 15 is 0 Å². The molecule has 1 atom stereocenters. The normalized spacial score (nSPS) is 11.5. The van der Waals surface area contributed by atoms with Gasteiger partial charge in [-0.1, -0.05) is 42.5 Å². The van der Waals surface area contributed by atoms with E-state index in [4.69, 9.17) is 14.2 Å². The van der Waals surface area contributed by atoms with E-state index in [-0.39, 0.29) is 19.6 Å². The van der Waals surface area contributed by atoms with Gasteiger partial charge in [0.1, 0.15) is 18.4 Å². The first-order valence-corrected chi connectivity index (χ1v) is 12.7. The fourth-order valence-electron chi connectivity index (χ4n) is 3.88. The maximum atomic E-state index is 12.5. The monoisotopic (exact) mass is 513 g/mol.